The Labute approximate surface area is 143 Å². The Morgan fingerprint density at radius 3 is 2.71 bits per heavy atom. The highest BCUT2D eigenvalue weighted by Crippen LogP contribution is 2.32. The Morgan fingerprint density at radius 1 is 1.17 bits per heavy atom. The smallest absolute Gasteiger partial charge is 0.258 e. The minimum absolute atomic E-state index is 0.0121. The average molecular weight is 324 g/mol. The van der Waals surface area contributed by atoms with Crippen LogP contribution in [-0.4, -0.2) is 19.1 Å². The third kappa shape index (κ3) is 3.70. The van der Waals surface area contributed by atoms with Gasteiger partial charge in [-0.1, -0.05) is 56.3 Å². The van der Waals surface area contributed by atoms with Gasteiger partial charge in [0.2, 0.25) is 0 Å². The van der Waals surface area contributed by atoms with Crippen molar-refractivity contribution in [1.82, 2.24) is 5.32 Å². The molecule has 0 bridgehead atoms. The van der Waals surface area contributed by atoms with Gasteiger partial charge in [-0.05, 0) is 29.5 Å². The molecule has 0 radical (unpaired) electrons. The number of carbonyl (C=O) groups is 1. The van der Waals surface area contributed by atoms with E-state index in [-0.39, 0.29) is 18.6 Å². The second-order valence-corrected chi connectivity index (χ2v) is 6.46. The molecule has 126 valence electrons. The van der Waals surface area contributed by atoms with Crippen LogP contribution in [0.1, 0.15) is 31.0 Å². The van der Waals surface area contributed by atoms with Gasteiger partial charge in [0.25, 0.3) is 5.91 Å². The summed E-state index contributed by atoms with van der Waals surface area (Å²) >= 11 is 0. The lowest BCUT2D eigenvalue weighted by molar-refractivity contribution is -0.124. The fourth-order valence-corrected chi connectivity index (χ4v) is 3.08. The number of para-hydroxylation sites is 1. The second kappa shape index (κ2) is 7.39. The molecule has 1 atom stereocenters. The summed E-state index contributed by atoms with van der Waals surface area (Å²) in [4.78, 5) is 12.3. The number of fused-ring (bicyclic) bond motifs is 1. The molecule has 1 unspecified atom stereocenters. The maximum atomic E-state index is 12.3. The third-order valence-corrected chi connectivity index (χ3v) is 4.31. The molecule has 2 aromatic rings. The summed E-state index contributed by atoms with van der Waals surface area (Å²) in [5.41, 5.74) is 3.38. The molecule has 1 aliphatic heterocycles. The number of nitrogens with one attached hydrogen (secondary N) is 2. The van der Waals surface area contributed by atoms with Crippen molar-refractivity contribution in [3.8, 4) is 5.75 Å². The van der Waals surface area contributed by atoms with Gasteiger partial charge >= 0.3 is 0 Å². The molecule has 0 saturated carbocycles. The summed E-state index contributed by atoms with van der Waals surface area (Å²) in [6.45, 7) is 5.15. The van der Waals surface area contributed by atoms with Gasteiger partial charge in [0, 0.05) is 6.54 Å². The molecular formula is C20H24N2O2. The van der Waals surface area contributed by atoms with E-state index in [0.717, 1.165) is 30.0 Å². The number of hydrogen-bond acceptors (Lipinski definition) is 3. The molecule has 1 heterocycles. The molecule has 4 nitrogen and oxygen atoms in total. The highest BCUT2D eigenvalue weighted by Gasteiger charge is 2.19. The number of carbonyl (C=O) groups excluding carboxylic acids is 1. The zero-order chi connectivity index (χ0) is 16.9. The topological polar surface area (TPSA) is 50.4 Å². The highest BCUT2D eigenvalue weighted by atomic mass is 16.5. The van der Waals surface area contributed by atoms with E-state index in [1.807, 2.05) is 42.5 Å². The van der Waals surface area contributed by atoms with Crippen LogP contribution >= 0.6 is 0 Å². The Kier molecular flexibility index (Phi) is 5.04. The lowest BCUT2D eigenvalue weighted by Gasteiger charge is -2.23. The lowest BCUT2D eigenvalue weighted by atomic mass is 9.96. The fraction of sp³-hybridized carbons (Fsp3) is 0.350. The van der Waals surface area contributed by atoms with E-state index in [4.69, 9.17) is 4.74 Å². The van der Waals surface area contributed by atoms with Gasteiger partial charge < -0.3 is 15.4 Å². The molecule has 4 heteroatoms. The van der Waals surface area contributed by atoms with E-state index in [9.17, 15) is 4.79 Å². The minimum atomic E-state index is -0.104. The van der Waals surface area contributed by atoms with Crippen molar-refractivity contribution < 1.29 is 9.53 Å². The van der Waals surface area contributed by atoms with Crippen LogP contribution in [0, 0.1) is 5.92 Å². The Hall–Kier alpha value is -2.49. The third-order valence-electron chi connectivity index (χ3n) is 4.31. The molecule has 0 spiro atoms. The molecule has 0 aliphatic carbocycles. The molecule has 3 rings (SSSR count). The van der Waals surface area contributed by atoms with Gasteiger partial charge in [-0.15, -0.1) is 0 Å². The number of hydrogen-bond donors (Lipinski definition) is 2. The van der Waals surface area contributed by atoms with E-state index in [1.54, 1.807) is 0 Å². The summed E-state index contributed by atoms with van der Waals surface area (Å²) in [6.07, 6.45) is 1.00. The normalized spacial score (nSPS) is 14.0. The van der Waals surface area contributed by atoms with Gasteiger partial charge in [-0.2, -0.15) is 0 Å². The van der Waals surface area contributed by atoms with Crippen molar-refractivity contribution in [1.29, 1.82) is 0 Å². The van der Waals surface area contributed by atoms with Crippen LogP contribution in [0.3, 0.4) is 0 Å². The number of benzene rings is 2. The largest absolute Gasteiger partial charge is 0.482 e. The van der Waals surface area contributed by atoms with Crippen LogP contribution in [-0.2, 0) is 11.2 Å². The summed E-state index contributed by atoms with van der Waals surface area (Å²) in [7, 11) is 0. The molecule has 1 aliphatic rings. The average Bonchev–Trinajstić information content (AvgIpc) is 3.07. The number of ether oxygens (including phenoxy) is 1. The molecule has 1 amide bonds. The summed E-state index contributed by atoms with van der Waals surface area (Å²) < 4.78 is 5.75. The standard InChI is InChI=1S/C20H24N2O2/c1-14(2)19(15-7-4-3-5-8-15)22-18(23)13-24-17-10-6-9-16-11-12-21-20(16)17/h3-10,14,19,21H,11-13H2,1-2H3,(H,22,23). The Balaban J connectivity index is 1.62. The first-order valence-electron chi connectivity index (χ1n) is 8.48. The molecular weight excluding hydrogens is 300 g/mol. The lowest BCUT2D eigenvalue weighted by Crippen LogP contribution is -2.35. The van der Waals surface area contributed by atoms with Gasteiger partial charge in [0.05, 0.1) is 11.7 Å². The van der Waals surface area contributed by atoms with E-state index in [2.05, 4.69) is 30.5 Å². The Bertz CT molecular complexity index is 698. The monoisotopic (exact) mass is 324 g/mol. The fourth-order valence-electron chi connectivity index (χ4n) is 3.08. The van der Waals surface area contributed by atoms with Crippen LogP contribution in [0.15, 0.2) is 48.5 Å². The van der Waals surface area contributed by atoms with Gasteiger partial charge in [-0.25, -0.2) is 0 Å². The predicted octanol–water partition coefficient (Wildman–Crippen LogP) is 3.55. The summed E-state index contributed by atoms with van der Waals surface area (Å²) in [5, 5.41) is 6.41. The van der Waals surface area contributed by atoms with Crippen LogP contribution in [0.2, 0.25) is 0 Å². The van der Waals surface area contributed by atoms with Gasteiger partial charge in [0.15, 0.2) is 6.61 Å². The molecule has 2 aromatic carbocycles. The first-order valence-corrected chi connectivity index (χ1v) is 8.48. The van der Waals surface area contributed by atoms with Gasteiger partial charge in [0.1, 0.15) is 5.75 Å². The SMILES string of the molecule is CC(C)C(NC(=O)COc1cccc2c1NCC2)c1ccccc1. The quantitative estimate of drug-likeness (QED) is 0.854. The van der Waals surface area contributed by atoms with Crippen LogP contribution in [0.4, 0.5) is 5.69 Å². The molecule has 24 heavy (non-hydrogen) atoms. The second-order valence-electron chi connectivity index (χ2n) is 6.46. The van der Waals surface area contributed by atoms with Crippen molar-refractivity contribution in [2.75, 3.05) is 18.5 Å². The van der Waals surface area contributed by atoms with Crippen LogP contribution in [0.25, 0.3) is 0 Å². The first-order chi connectivity index (χ1) is 11.6. The minimum Gasteiger partial charge on any atom is -0.482 e. The summed E-state index contributed by atoms with van der Waals surface area (Å²) in [6, 6.07) is 16.0. The van der Waals surface area contributed by atoms with Crippen LogP contribution < -0.4 is 15.4 Å². The Morgan fingerprint density at radius 2 is 1.96 bits per heavy atom. The van der Waals surface area contributed by atoms with Crippen molar-refractivity contribution in [2.24, 2.45) is 5.92 Å². The zero-order valence-electron chi connectivity index (χ0n) is 14.2. The maximum Gasteiger partial charge on any atom is 0.258 e. The van der Waals surface area contributed by atoms with Crippen molar-refractivity contribution >= 4 is 11.6 Å². The van der Waals surface area contributed by atoms with E-state index in [0.29, 0.717) is 5.92 Å². The highest BCUT2D eigenvalue weighted by molar-refractivity contribution is 5.78. The molecule has 0 fully saturated rings. The number of rotatable bonds is 6. The zero-order valence-corrected chi connectivity index (χ0v) is 14.2. The van der Waals surface area contributed by atoms with Crippen molar-refractivity contribution in [3.63, 3.8) is 0 Å². The van der Waals surface area contributed by atoms with Crippen LogP contribution in [0.5, 0.6) is 5.75 Å². The molecule has 0 saturated heterocycles. The summed E-state index contributed by atoms with van der Waals surface area (Å²) in [5.74, 6) is 0.952. The first kappa shape index (κ1) is 16.4. The van der Waals surface area contributed by atoms with Crippen molar-refractivity contribution in [2.45, 2.75) is 26.3 Å². The molecule has 2 N–H and O–H groups in total. The predicted molar refractivity (Wildman–Crippen MR) is 96.3 cm³/mol. The van der Waals surface area contributed by atoms with E-state index in [1.165, 1.54) is 5.56 Å². The number of anilines is 1. The number of amides is 1. The molecule has 0 aromatic heterocycles. The van der Waals surface area contributed by atoms with E-state index < -0.39 is 0 Å². The van der Waals surface area contributed by atoms with Gasteiger partial charge in [-0.3, -0.25) is 4.79 Å². The maximum absolute atomic E-state index is 12.3. The van der Waals surface area contributed by atoms with Crippen molar-refractivity contribution in [3.05, 3.63) is 59.7 Å². The van der Waals surface area contributed by atoms with E-state index >= 15 is 0 Å².